The van der Waals surface area contributed by atoms with Crippen LogP contribution in [0.15, 0.2) is 36.9 Å². The van der Waals surface area contributed by atoms with Crippen LogP contribution in [0.1, 0.15) is 28.8 Å². The van der Waals surface area contributed by atoms with Gasteiger partial charge in [0.1, 0.15) is 0 Å². The molecule has 2 rings (SSSR count). The van der Waals surface area contributed by atoms with Crippen molar-refractivity contribution in [2.75, 3.05) is 20.1 Å². The van der Waals surface area contributed by atoms with Gasteiger partial charge >= 0.3 is 6.18 Å². The normalized spacial score (nSPS) is 15.9. The first kappa shape index (κ1) is 18.0. The molecule has 0 atom stereocenters. The molecule has 1 aromatic rings. The smallest absolute Gasteiger partial charge is 0.339 e. The first-order valence-corrected chi connectivity index (χ1v) is 7.60. The van der Waals surface area contributed by atoms with Crippen LogP contribution in [0.2, 0.25) is 0 Å². The minimum Gasteiger partial charge on any atom is -0.339 e. The number of piperidine rings is 1. The van der Waals surface area contributed by atoms with Crippen molar-refractivity contribution in [2.45, 2.75) is 25.1 Å². The van der Waals surface area contributed by atoms with Gasteiger partial charge in [-0.1, -0.05) is 6.58 Å². The second-order valence-electron chi connectivity index (χ2n) is 5.75. The van der Waals surface area contributed by atoms with E-state index in [2.05, 4.69) is 6.58 Å². The summed E-state index contributed by atoms with van der Waals surface area (Å²) in [5.74, 6) is -0.456. The maximum absolute atomic E-state index is 12.6. The van der Waals surface area contributed by atoms with E-state index in [1.807, 2.05) is 0 Å². The number of hydrogen-bond acceptors (Lipinski definition) is 2. The zero-order chi connectivity index (χ0) is 17.9. The summed E-state index contributed by atoms with van der Waals surface area (Å²) in [4.78, 5) is 27.2. The van der Waals surface area contributed by atoms with Crippen LogP contribution < -0.4 is 0 Å². The van der Waals surface area contributed by atoms with E-state index < -0.39 is 11.7 Å². The highest BCUT2D eigenvalue weighted by atomic mass is 19.4. The Labute approximate surface area is 138 Å². The van der Waals surface area contributed by atoms with Crippen LogP contribution in [0.25, 0.3) is 0 Å². The molecule has 1 saturated heterocycles. The van der Waals surface area contributed by atoms with Crippen LogP contribution in [-0.4, -0.2) is 47.8 Å². The van der Waals surface area contributed by atoms with Gasteiger partial charge in [0.15, 0.2) is 0 Å². The van der Waals surface area contributed by atoms with Gasteiger partial charge in [-0.05, 0) is 43.2 Å². The lowest BCUT2D eigenvalue weighted by Gasteiger charge is -2.36. The molecule has 24 heavy (non-hydrogen) atoms. The quantitative estimate of drug-likeness (QED) is 0.794. The van der Waals surface area contributed by atoms with Crippen molar-refractivity contribution in [3.63, 3.8) is 0 Å². The maximum Gasteiger partial charge on any atom is 0.416 e. The Morgan fingerprint density at radius 3 is 2.21 bits per heavy atom. The number of rotatable bonds is 3. The fourth-order valence-corrected chi connectivity index (χ4v) is 2.77. The highest BCUT2D eigenvalue weighted by molar-refractivity contribution is 5.94. The standard InChI is InChI=1S/C17H19F3N2O2/c1-3-15(23)22-10-8-14(9-11-22)21(2)16(24)12-4-6-13(7-5-12)17(18,19)20/h3-7,14H,1,8-11H2,2H3. The van der Waals surface area contributed by atoms with Crippen LogP contribution in [0.3, 0.4) is 0 Å². The molecule has 2 amide bonds. The van der Waals surface area contributed by atoms with Crippen LogP contribution in [0, 0.1) is 0 Å². The average molecular weight is 340 g/mol. The van der Waals surface area contributed by atoms with E-state index in [0.29, 0.717) is 25.9 Å². The SMILES string of the molecule is C=CC(=O)N1CCC(N(C)C(=O)c2ccc(C(F)(F)F)cc2)CC1. The van der Waals surface area contributed by atoms with Crippen LogP contribution in [0.4, 0.5) is 13.2 Å². The molecule has 130 valence electrons. The second kappa shape index (κ2) is 7.07. The molecule has 1 aliphatic rings. The van der Waals surface area contributed by atoms with Gasteiger partial charge in [-0.3, -0.25) is 9.59 Å². The molecule has 0 radical (unpaired) electrons. The number of likely N-dealkylation sites (tertiary alicyclic amines) is 1. The summed E-state index contributed by atoms with van der Waals surface area (Å²) in [6, 6.07) is 4.16. The van der Waals surface area contributed by atoms with Gasteiger partial charge in [-0.2, -0.15) is 13.2 Å². The molecular weight excluding hydrogens is 321 g/mol. The molecule has 1 aliphatic heterocycles. The van der Waals surface area contributed by atoms with Crippen molar-refractivity contribution in [1.82, 2.24) is 9.80 Å². The van der Waals surface area contributed by atoms with Crippen molar-refractivity contribution in [3.8, 4) is 0 Å². The molecule has 0 saturated carbocycles. The summed E-state index contributed by atoms with van der Waals surface area (Å²) >= 11 is 0. The number of carbonyl (C=O) groups excluding carboxylic acids is 2. The summed E-state index contributed by atoms with van der Waals surface area (Å²) < 4.78 is 37.7. The molecule has 1 fully saturated rings. The van der Waals surface area contributed by atoms with Gasteiger partial charge in [0.25, 0.3) is 5.91 Å². The van der Waals surface area contributed by atoms with Gasteiger partial charge in [0, 0.05) is 31.7 Å². The minimum absolute atomic E-state index is 0.0475. The lowest BCUT2D eigenvalue weighted by atomic mass is 10.0. The molecule has 4 nitrogen and oxygen atoms in total. The third kappa shape index (κ3) is 3.96. The summed E-state index contributed by atoms with van der Waals surface area (Å²) in [5, 5.41) is 0. The Morgan fingerprint density at radius 1 is 1.21 bits per heavy atom. The van der Waals surface area contributed by atoms with Crippen molar-refractivity contribution in [1.29, 1.82) is 0 Å². The average Bonchev–Trinajstić information content (AvgIpc) is 2.59. The van der Waals surface area contributed by atoms with Gasteiger partial charge in [0.05, 0.1) is 5.56 Å². The third-order valence-corrected chi connectivity index (χ3v) is 4.28. The largest absolute Gasteiger partial charge is 0.416 e. The molecular formula is C17H19F3N2O2. The zero-order valence-electron chi connectivity index (χ0n) is 13.3. The Balaban J connectivity index is 2.00. The van der Waals surface area contributed by atoms with Crippen molar-refractivity contribution >= 4 is 11.8 Å². The predicted octanol–water partition coefficient (Wildman–Crippen LogP) is 2.95. The van der Waals surface area contributed by atoms with E-state index in [4.69, 9.17) is 0 Å². The maximum atomic E-state index is 12.6. The van der Waals surface area contributed by atoms with Gasteiger partial charge < -0.3 is 9.80 Å². The number of benzene rings is 1. The zero-order valence-corrected chi connectivity index (χ0v) is 13.3. The second-order valence-corrected chi connectivity index (χ2v) is 5.75. The van der Waals surface area contributed by atoms with E-state index in [-0.39, 0.29) is 23.4 Å². The van der Waals surface area contributed by atoms with E-state index in [1.165, 1.54) is 18.2 Å². The number of nitrogens with zero attached hydrogens (tertiary/aromatic N) is 2. The van der Waals surface area contributed by atoms with Gasteiger partial charge in [-0.15, -0.1) is 0 Å². The Morgan fingerprint density at radius 2 is 1.75 bits per heavy atom. The van der Waals surface area contributed by atoms with E-state index in [1.54, 1.807) is 16.8 Å². The highest BCUT2D eigenvalue weighted by Gasteiger charge is 2.31. The monoisotopic (exact) mass is 340 g/mol. The Kier molecular flexibility index (Phi) is 5.31. The fourth-order valence-electron chi connectivity index (χ4n) is 2.77. The highest BCUT2D eigenvalue weighted by Crippen LogP contribution is 2.29. The predicted molar refractivity (Wildman–Crippen MR) is 83.3 cm³/mol. The summed E-state index contributed by atoms with van der Waals surface area (Å²) in [7, 11) is 1.63. The molecule has 0 aliphatic carbocycles. The van der Waals surface area contributed by atoms with Crippen LogP contribution in [-0.2, 0) is 11.0 Å². The third-order valence-electron chi connectivity index (χ3n) is 4.28. The number of carbonyl (C=O) groups is 2. The molecule has 7 heteroatoms. The summed E-state index contributed by atoms with van der Waals surface area (Å²) in [6.07, 6.45) is -1.90. The van der Waals surface area contributed by atoms with Gasteiger partial charge in [0.2, 0.25) is 5.91 Å². The summed E-state index contributed by atoms with van der Waals surface area (Å²) in [5.41, 5.74) is -0.562. The van der Waals surface area contributed by atoms with E-state index in [9.17, 15) is 22.8 Å². The van der Waals surface area contributed by atoms with Crippen molar-refractivity contribution in [2.24, 2.45) is 0 Å². The first-order chi connectivity index (χ1) is 11.2. The number of hydrogen-bond donors (Lipinski definition) is 0. The molecule has 0 aromatic heterocycles. The molecule has 1 aromatic carbocycles. The minimum atomic E-state index is -4.42. The van der Waals surface area contributed by atoms with E-state index in [0.717, 1.165) is 12.1 Å². The first-order valence-electron chi connectivity index (χ1n) is 7.60. The topological polar surface area (TPSA) is 40.6 Å². The van der Waals surface area contributed by atoms with Crippen LogP contribution in [0.5, 0.6) is 0 Å². The number of alkyl halides is 3. The molecule has 0 unspecified atom stereocenters. The molecule has 0 spiro atoms. The van der Waals surface area contributed by atoms with Gasteiger partial charge in [-0.25, -0.2) is 0 Å². The molecule has 1 heterocycles. The fraction of sp³-hybridized carbons (Fsp3) is 0.412. The summed E-state index contributed by atoms with van der Waals surface area (Å²) in [6.45, 7) is 4.50. The number of amides is 2. The van der Waals surface area contributed by atoms with E-state index >= 15 is 0 Å². The van der Waals surface area contributed by atoms with Crippen molar-refractivity contribution in [3.05, 3.63) is 48.0 Å². The number of halogens is 3. The Hall–Kier alpha value is -2.31. The Bertz CT molecular complexity index is 618. The lowest BCUT2D eigenvalue weighted by molar-refractivity contribution is -0.137. The van der Waals surface area contributed by atoms with Crippen LogP contribution >= 0.6 is 0 Å². The molecule has 0 bridgehead atoms. The lowest BCUT2D eigenvalue weighted by Crippen LogP contribution is -2.46. The molecule has 0 N–H and O–H groups in total. The van der Waals surface area contributed by atoms with Crippen molar-refractivity contribution < 1.29 is 22.8 Å².